The molecular weight excluding hydrogens is 288 g/mol. The van der Waals surface area contributed by atoms with Crippen LogP contribution in [-0.4, -0.2) is 21.5 Å². The van der Waals surface area contributed by atoms with E-state index in [1.807, 2.05) is 22.9 Å². The molecule has 0 saturated heterocycles. The largest absolute Gasteiger partial charge is 0.466 e. The highest BCUT2D eigenvalue weighted by molar-refractivity contribution is 7.15. The number of nitrogens with zero attached hydrogens (tertiary/aromatic N) is 3. The standard InChI is InChI=1S/C14H14N4O2S/c1-8-6-11(10(3)20-8)13(19)17-15-7-12-9(2)16-14-18(12)4-5-21-14/h4-7H,1-3H3,(H,17,19)/b15-7-. The first-order chi connectivity index (χ1) is 10.1. The summed E-state index contributed by atoms with van der Waals surface area (Å²) in [6.07, 6.45) is 3.52. The van der Waals surface area contributed by atoms with Gasteiger partial charge in [-0.1, -0.05) is 0 Å². The number of carbonyl (C=O) groups excluding carboxylic acids is 1. The van der Waals surface area contributed by atoms with Gasteiger partial charge in [0.05, 0.1) is 23.2 Å². The molecule has 21 heavy (non-hydrogen) atoms. The summed E-state index contributed by atoms with van der Waals surface area (Å²) in [5.41, 5.74) is 4.73. The van der Waals surface area contributed by atoms with Crippen molar-refractivity contribution in [2.24, 2.45) is 5.10 Å². The van der Waals surface area contributed by atoms with Crippen molar-refractivity contribution in [1.29, 1.82) is 0 Å². The van der Waals surface area contributed by atoms with Gasteiger partial charge in [0.15, 0.2) is 4.96 Å². The second kappa shape index (κ2) is 5.17. The lowest BCUT2D eigenvalue weighted by Gasteiger charge is -1.97. The van der Waals surface area contributed by atoms with Crippen LogP contribution in [0, 0.1) is 20.8 Å². The minimum Gasteiger partial charge on any atom is -0.466 e. The number of hydrazone groups is 1. The number of amides is 1. The molecule has 3 aromatic rings. The Labute approximate surface area is 125 Å². The Kier molecular flexibility index (Phi) is 3.34. The lowest BCUT2D eigenvalue weighted by atomic mass is 10.2. The van der Waals surface area contributed by atoms with Crippen molar-refractivity contribution in [3.8, 4) is 0 Å². The summed E-state index contributed by atoms with van der Waals surface area (Å²) in [7, 11) is 0. The second-order valence-corrected chi connectivity index (χ2v) is 5.54. The number of furan rings is 1. The average Bonchev–Trinajstić information content (AvgIpc) is 3.07. The van der Waals surface area contributed by atoms with Crippen LogP contribution in [0.1, 0.15) is 33.3 Å². The minimum absolute atomic E-state index is 0.288. The summed E-state index contributed by atoms with van der Waals surface area (Å²) in [5.74, 6) is 0.999. The van der Waals surface area contributed by atoms with Crippen molar-refractivity contribution in [2.75, 3.05) is 0 Å². The van der Waals surface area contributed by atoms with Crippen LogP contribution in [0.3, 0.4) is 0 Å². The molecule has 0 aliphatic carbocycles. The molecule has 0 aliphatic heterocycles. The predicted octanol–water partition coefficient (Wildman–Crippen LogP) is 2.68. The molecule has 0 radical (unpaired) electrons. The van der Waals surface area contributed by atoms with Crippen molar-refractivity contribution >= 4 is 28.4 Å². The first kappa shape index (κ1) is 13.6. The molecule has 3 aromatic heterocycles. The Hall–Kier alpha value is -2.41. The Balaban J connectivity index is 1.78. The monoisotopic (exact) mass is 302 g/mol. The molecule has 0 spiro atoms. The molecule has 3 heterocycles. The van der Waals surface area contributed by atoms with Gasteiger partial charge in [0.25, 0.3) is 5.91 Å². The molecule has 6 nitrogen and oxygen atoms in total. The zero-order chi connectivity index (χ0) is 15.0. The maximum Gasteiger partial charge on any atom is 0.274 e. The van der Waals surface area contributed by atoms with Gasteiger partial charge in [-0.2, -0.15) is 5.10 Å². The number of nitrogens with one attached hydrogen (secondary N) is 1. The second-order valence-electron chi connectivity index (χ2n) is 4.66. The Morgan fingerprint density at radius 1 is 1.48 bits per heavy atom. The third-order valence-electron chi connectivity index (χ3n) is 3.12. The van der Waals surface area contributed by atoms with Crippen LogP contribution < -0.4 is 5.43 Å². The molecule has 0 saturated carbocycles. The van der Waals surface area contributed by atoms with Gasteiger partial charge in [-0.05, 0) is 26.8 Å². The number of hydrogen-bond acceptors (Lipinski definition) is 5. The van der Waals surface area contributed by atoms with E-state index in [9.17, 15) is 4.79 Å². The van der Waals surface area contributed by atoms with Crippen molar-refractivity contribution in [3.63, 3.8) is 0 Å². The highest BCUT2D eigenvalue weighted by atomic mass is 32.1. The van der Waals surface area contributed by atoms with E-state index >= 15 is 0 Å². The summed E-state index contributed by atoms with van der Waals surface area (Å²) in [6.45, 7) is 5.46. The number of fused-ring (bicyclic) bond motifs is 1. The van der Waals surface area contributed by atoms with Gasteiger partial charge in [0.1, 0.15) is 11.5 Å². The fourth-order valence-corrected chi connectivity index (χ4v) is 2.90. The Morgan fingerprint density at radius 3 is 3.00 bits per heavy atom. The first-order valence-corrected chi connectivity index (χ1v) is 7.27. The van der Waals surface area contributed by atoms with Gasteiger partial charge >= 0.3 is 0 Å². The quantitative estimate of drug-likeness (QED) is 0.597. The molecule has 108 valence electrons. The van der Waals surface area contributed by atoms with E-state index in [1.54, 1.807) is 37.5 Å². The van der Waals surface area contributed by atoms with Gasteiger partial charge in [-0.3, -0.25) is 9.20 Å². The number of carbonyl (C=O) groups is 1. The highest BCUT2D eigenvalue weighted by Crippen LogP contribution is 2.15. The number of aryl methyl sites for hydroxylation is 3. The van der Waals surface area contributed by atoms with Crippen molar-refractivity contribution in [2.45, 2.75) is 20.8 Å². The molecule has 0 atom stereocenters. The van der Waals surface area contributed by atoms with E-state index in [2.05, 4.69) is 15.5 Å². The molecule has 1 amide bonds. The lowest BCUT2D eigenvalue weighted by Crippen LogP contribution is -2.18. The van der Waals surface area contributed by atoms with Crippen LogP contribution in [-0.2, 0) is 0 Å². The van der Waals surface area contributed by atoms with Gasteiger partial charge in [0, 0.05) is 11.6 Å². The molecule has 0 aromatic carbocycles. The highest BCUT2D eigenvalue weighted by Gasteiger charge is 2.13. The van der Waals surface area contributed by atoms with Crippen LogP contribution in [0.25, 0.3) is 4.96 Å². The zero-order valence-electron chi connectivity index (χ0n) is 11.9. The molecule has 0 unspecified atom stereocenters. The smallest absolute Gasteiger partial charge is 0.274 e. The van der Waals surface area contributed by atoms with Gasteiger partial charge in [-0.15, -0.1) is 11.3 Å². The van der Waals surface area contributed by atoms with E-state index < -0.39 is 0 Å². The summed E-state index contributed by atoms with van der Waals surface area (Å²) >= 11 is 1.55. The predicted molar refractivity (Wildman–Crippen MR) is 81.0 cm³/mol. The first-order valence-electron chi connectivity index (χ1n) is 6.39. The van der Waals surface area contributed by atoms with E-state index in [4.69, 9.17) is 4.42 Å². The maximum atomic E-state index is 12.0. The zero-order valence-corrected chi connectivity index (χ0v) is 12.7. The summed E-state index contributed by atoms with van der Waals surface area (Å²) in [4.78, 5) is 17.3. The summed E-state index contributed by atoms with van der Waals surface area (Å²) < 4.78 is 7.26. The van der Waals surface area contributed by atoms with Gasteiger partial charge in [-0.25, -0.2) is 10.4 Å². The SMILES string of the molecule is Cc1cc(C(=O)N/N=C\c2c(C)nc3sccn23)c(C)o1. The maximum absolute atomic E-state index is 12.0. The molecular formula is C14H14N4O2S. The third kappa shape index (κ3) is 2.47. The van der Waals surface area contributed by atoms with E-state index in [-0.39, 0.29) is 5.91 Å². The Bertz CT molecular complexity index is 841. The number of thiazole rings is 1. The molecule has 1 N–H and O–H groups in total. The lowest BCUT2D eigenvalue weighted by molar-refractivity contribution is 0.0953. The summed E-state index contributed by atoms with van der Waals surface area (Å²) in [5, 5.41) is 5.96. The van der Waals surface area contributed by atoms with Crippen molar-refractivity contribution < 1.29 is 9.21 Å². The number of aromatic nitrogens is 2. The van der Waals surface area contributed by atoms with Crippen LogP contribution in [0.15, 0.2) is 27.2 Å². The topological polar surface area (TPSA) is 71.9 Å². The van der Waals surface area contributed by atoms with Crippen LogP contribution >= 0.6 is 11.3 Å². The molecule has 0 bridgehead atoms. The van der Waals surface area contributed by atoms with Crippen molar-refractivity contribution in [3.05, 3.63) is 46.1 Å². The van der Waals surface area contributed by atoms with Crippen LogP contribution in [0.4, 0.5) is 0 Å². The van der Waals surface area contributed by atoms with Gasteiger partial charge < -0.3 is 4.42 Å². The van der Waals surface area contributed by atoms with Crippen molar-refractivity contribution in [1.82, 2.24) is 14.8 Å². The fourth-order valence-electron chi connectivity index (χ4n) is 2.14. The number of rotatable bonds is 3. The molecule has 3 rings (SSSR count). The van der Waals surface area contributed by atoms with E-state index in [0.29, 0.717) is 17.1 Å². The van der Waals surface area contributed by atoms with Gasteiger partial charge in [0.2, 0.25) is 0 Å². The number of hydrogen-bond donors (Lipinski definition) is 1. The summed E-state index contributed by atoms with van der Waals surface area (Å²) in [6, 6.07) is 1.70. The third-order valence-corrected chi connectivity index (χ3v) is 3.88. The Morgan fingerprint density at radius 2 is 2.29 bits per heavy atom. The van der Waals surface area contributed by atoms with E-state index in [0.717, 1.165) is 16.3 Å². The number of imidazole rings is 1. The fraction of sp³-hybridized carbons (Fsp3) is 0.214. The average molecular weight is 302 g/mol. The molecule has 0 aliphatic rings. The molecule has 7 heteroatoms. The van der Waals surface area contributed by atoms with Crippen LogP contribution in [0.2, 0.25) is 0 Å². The molecule has 0 fully saturated rings. The normalized spacial score (nSPS) is 11.6. The van der Waals surface area contributed by atoms with E-state index in [1.165, 1.54) is 0 Å². The van der Waals surface area contributed by atoms with Crippen LogP contribution in [0.5, 0.6) is 0 Å². The minimum atomic E-state index is -0.288.